The average molecular weight is 435 g/mol. The Bertz CT molecular complexity index is 1040. The number of likely N-dealkylation sites (N-methyl/N-ethyl adjacent to an activating group) is 1. The van der Waals surface area contributed by atoms with Crippen LogP contribution in [0, 0.1) is 0 Å². The number of nitrogens with zero attached hydrogens (tertiary/aromatic N) is 3. The largest absolute Gasteiger partial charge is 0.492 e. The van der Waals surface area contributed by atoms with Gasteiger partial charge >= 0.3 is 0 Å². The van der Waals surface area contributed by atoms with E-state index < -0.39 is 0 Å². The van der Waals surface area contributed by atoms with Crippen LogP contribution in [0.3, 0.4) is 0 Å². The molecule has 1 saturated heterocycles. The number of carbonyl (C=O) groups is 2. The lowest BCUT2D eigenvalue weighted by Crippen LogP contribution is -2.25. The lowest BCUT2D eigenvalue weighted by Gasteiger charge is -2.17. The fraction of sp³-hybridized carbons (Fsp3) is 0.217. The molecule has 0 bridgehead atoms. The van der Waals surface area contributed by atoms with Gasteiger partial charge in [0.05, 0.1) is 11.8 Å². The molecule has 2 amide bonds. The second kappa shape index (κ2) is 9.61. The van der Waals surface area contributed by atoms with Gasteiger partial charge in [0.25, 0.3) is 5.24 Å². The molecule has 1 fully saturated rings. The van der Waals surface area contributed by atoms with Crippen LogP contribution in [0.4, 0.5) is 10.7 Å². The highest BCUT2D eigenvalue weighted by atomic mass is 32.2. The second-order valence-corrected chi connectivity index (χ2v) is 8.31. The van der Waals surface area contributed by atoms with Crippen molar-refractivity contribution in [1.82, 2.24) is 15.3 Å². The Morgan fingerprint density at radius 1 is 1.00 bits per heavy atom. The van der Waals surface area contributed by atoms with Crippen molar-refractivity contribution in [3.63, 3.8) is 0 Å². The lowest BCUT2D eigenvalue weighted by atomic mass is 10.1. The molecule has 7 nitrogen and oxygen atoms in total. The first-order valence-electron chi connectivity index (χ1n) is 9.90. The number of ether oxygens (including phenoxy) is 1. The number of carbonyl (C=O) groups excluding carboxylic acids is 2. The van der Waals surface area contributed by atoms with Crippen LogP contribution in [-0.2, 0) is 11.2 Å². The highest BCUT2D eigenvalue weighted by molar-refractivity contribution is 8.15. The number of thioether (sulfide) groups is 1. The molecule has 0 radical (unpaired) electrons. The SMILES string of the molecule is CN(CCOc1ccc(CC2SC(=O)NC2=O)cc1)c1ncc(-c2ccccc2)cn1. The number of hydrogen-bond acceptors (Lipinski definition) is 7. The molecule has 2 aromatic carbocycles. The summed E-state index contributed by atoms with van der Waals surface area (Å²) in [5, 5.41) is 1.67. The summed E-state index contributed by atoms with van der Waals surface area (Å²) >= 11 is 1.04. The van der Waals surface area contributed by atoms with Gasteiger partial charge in [-0.2, -0.15) is 0 Å². The highest BCUT2D eigenvalue weighted by Gasteiger charge is 2.31. The van der Waals surface area contributed by atoms with Crippen LogP contribution in [0.25, 0.3) is 11.1 Å². The molecule has 2 heterocycles. The summed E-state index contributed by atoms with van der Waals surface area (Å²) in [6.45, 7) is 1.11. The van der Waals surface area contributed by atoms with Crippen molar-refractivity contribution < 1.29 is 14.3 Å². The van der Waals surface area contributed by atoms with E-state index in [0.717, 1.165) is 34.2 Å². The van der Waals surface area contributed by atoms with Crippen LogP contribution in [0.2, 0.25) is 0 Å². The van der Waals surface area contributed by atoms with E-state index in [-0.39, 0.29) is 16.4 Å². The number of amides is 2. The Balaban J connectivity index is 1.25. The standard InChI is InChI=1S/C23H22N4O3S/c1-27(22-24-14-18(15-25-22)17-5-3-2-4-6-17)11-12-30-19-9-7-16(8-10-19)13-20-21(28)26-23(29)31-20/h2-10,14-15,20H,11-13H2,1H3,(H,26,28,29). The van der Waals surface area contributed by atoms with E-state index in [9.17, 15) is 9.59 Å². The molecule has 1 aromatic heterocycles. The molecule has 1 aliphatic rings. The summed E-state index contributed by atoms with van der Waals surface area (Å²) in [4.78, 5) is 33.8. The first-order chi connectivity index (χ1) is 15.1. The second-order valence-electron chi connectivity index (χ2n) is 7.14. The van der Waals surface area contributed by atoms with E-state index >= 15 is 0 Å². The Labute approximate surface area is 184 Å². The van der Waals surface area contributed by atoms with Gasteiger partial charge < -0.3 is 9.64 Å². The fourth-order valence-corrected chi connectivity index (χ4v) is 4.02. The predicted molar refractivity (Wildman–Crippen MR) is 121 cm³/mol. The van der Waals surface area contributed by atoms with Crippen LogP contribution in [0.5, 0.6) is 5.75 Å². The number of nitrogens with one attached hydrogen (secondary N) is 1. The third-order valence-electron chi connectivity index (χ3n) is 4.89. The molecular weight excluding hydrogens is 412 g/mol. The minimum absolute atomic E-state index is 0.225. The van der Waals surface area contributed by atoms with Crippen molar-refractivity contribution >= 4 is 28.9 Å². The Hall–Kier alpha value is -3.39. The maximum atomic E-state index is 11.7. The van der Waals surface area contributed by atoms with Gasteiger partial charge in [0.2, 0.25) is 11.9 Å². The van der Waals surface area contributed by atoms with Crippen molar-refractivity contribution in [2.45, 2.75) is 11.7 Å². The Kier molecular flexibility index (Phi) is 6.47. The molecular formula is C23H22N4O3S. The zero-order valence-corrected chi connectivity index (χ0v) is 17.8. The van der Waals surface area contributed by atoms with Gasteiger partial charge in [-0.15, -0.1) is 0 Å². The van der Waals surface area contributed by atoms with Gasteiger partial charge in [0.1, 0.15) is 12.4 Å². The molecule has 1 unspecified atom stereocenters. The first-order valence-corrected chi connectivity index (χ1v) is 10.8. The Morgan fingerprint density at radius 2 is 1.71 bits per heavy atom. The van der Waals surface area contributed by atoms with E-state index in [1.54, 1.807) is 0 Å². The van der Waals surface area contributed by atoms with Crippen molar-refractivity contribution in [3.8, 4) is 16.9 Å². The minimum atomic E-state index is -0.360. The summed E-state index contributed by atoms with van der Waals surface area (Å²) in [7, 11) is 1.93. The summed E-state index contributed by atoms with van der Waals surface area (Å²) in [5.41, 5.74) is 3.05. The topological polar surface area (TPSA) is 84.4 Å². The Morgan fingerprint density at radius 3 is 2.35 bits per heavy atom. The molecule has 1 N–H and O–H groups in total. The van der Waals surface area contributed by atoms with Gasteiger partial charge in [-0.1, -0.05) is 54.2 Å². The molecule has 1 atom stereocenters. The quantitative estimate of drug-likeness (QED) is 0.580. The van der Waals surface area contributed by atoms with E-state index in [1.165, 1.54) is 0 Å². The van der Waals surface area contributed by atoms with Gasteiger partial charge in [0, 0.05) is 25.0 Å². The minimum Gasteiger partial charge on any atom is -0.492 e. The average Bonchev–Trinajstić information content (AvgIpc) is 3.12. The molecule has 8 heteroatoms. The fourth-order valence-electron chi connectivity index (χ4n) is 3.16. The third-order valence-corrected chi connectivity index (χ3v) is 5.88. The predicted octanol–water partition coefficient (Wildman–Crippen LogP) is 3.55. The molecule has 31 heavy (non-hydrogen) atoms. The van der Waals surface area contributed by atoms with E-state index in [4.69, 9.17) is 4.74 Å². The number of benzene rings is 2. The number of aromatic nitrogens is 2. The van der Waals surface area contributed by atoms with Crippen LogP contribution in [-0.4, -0.2) is 46.6 Å². The van der Waals surface area contributed by atoms with E-state index in [1.807, 2.05) is 78.9 Å². The van der Waals surface area contributed by atoms with Crippen molar-refractivity contribution in [2.24, 2.45) is 0 Å². The molecule has 4 rings (SSSR count). The van der Waals surface area contributed by atoms with Crippen molar-refractivity contribution in [3.05, 3.63) is 72.6 Å². The molecule has 0 aliphatic carbocycles. The van der Waals surface area contributed by atoms with E-state index in [2.05, 4.69) is 15.3 Å². The smallest absolute Gasteiger partial charge is 0.286 e. The van der Waals surface area contributed by atoms with Crippen LogP contribution in [0.15, 0.2) is 67.0 Å². The van der Waals surface area contributed by atoms with Gasteiger partial charge in [-0.3, -0.25) is 14.9 Å². The lowest BCUT2D eigenvalue weighted by molar-refractivity contribution is -0.118. The monoisotopic (exact) mass is 434 g/mol. The van der Waals surface area contributed by atoms with Gasteiger partial charge in [0.15, 0.2) is 0 Å². The zero-order valence-electron chi connectivity index (χ0n) is 17.0. The van der Waals surface area contributed by atoms with Gasteiger partial charge in [-0.05, 0) is 29.7 Å². The van der Waals surface area contributed by atoms with Crippen molar-refractivity contribution in [1.29, 1.82) is 0 Å². The zero-order chi connectivity index (χ0) is 21.6. The summed E-state index contributed by atoms with van der Waals surface area (Å²) in [6.07, 6.45) is 4.16. The number of hydrogen-bond donors (Lipinski definition) is 1. The first kappa shape index (κ1) is 20.9. The number of imide groups is 1. The van der Waals surface area contributed by atoms with Crippen LogP contribution < -0.4 is 15.0 Å². The highest BCUT2D eigenvalue weighted by Crippen LogP contribution is 2.24. The number of anilines is 1. The normalized spacial score (nSPS) is 15.6. The summed E-state index contributed by atoms with van der Waals surface area (Å²) < 4.78 is 5.82. The third kappa shape index (κ3) is 5.40. The maximum absolute atomic E-state index is 11.7. The van der Waals surface area contributed by atoms with Crippen molar-refractivity contribution in [2.75, 3.05) is 25.1 Å². The van der Waals surface area contributed by atoms with E-state index in [0.29, 0.717) is 25.5 Å². The molecule has 158 valence electrons. The molecule has 0 saturated carbocycles. The molecule has 1 aliphatic heterocycles. The summed E-state index contributed by atoms with van der Waals surface area (Å²) in [6, 6.07) is 17.6. The summed E-state index contributed by atoms with van der Waals surface area (Å²) in [5.74, 6) is 1.16. The number of rotatable bonds is 8. The molecule has 3 aromatic rings. The molecule has 0 spiro atoms. The maximum Gasteiger partial charge on any atom is 0.286 e. The van der Waals surface area contributed by atoms with Crippen LogP contribution in [0.1, 0.15) is 5.56 Å². The van der Waals surface area contributed by atoms with Crippen LogP contribution >= 0.6 is 11.8 Å². The van der Waals surface area contributed by atoms with Gasteiger partial charge in [-0.25, -0.2) is 9.97 Å².